The van der Waals surface area contributed by atoms with Crippen LogP contribution in [-0.2, 0) is 9.59 Å². The Morgan fingerprint density at radius 2 is 1.55 bits per heavy atom. The van der Waals surface area contributed by atoms with Gasteiger partial charge in [0.05, 0.1) is 0 Å². The van der Waals surface area contributed by atoms with E-state index < -0.39 is 5.41 Å². The van der Waals surface area contributed by atoms with E-state index >= 15 is 0 Å². The molecule has 0 atom stereocenters. The lowest BCUT2D eigenvalue weighted by atomic mass is 10.0. The third kappa shape index (κ3) is 3.32. The van der Waals surface area contributed by atoms with Crippen LogP contribution in [0.1, 0.15) is 51.4 Å². The van der Waals surface area contributed by atoms with Gasteiger partial charge in [-0.2, -0.15) is 0 Å². The van der Waals surface area contributed by atoms with Crippen molar-refractivity contribution < 1.29 is 9.59 Å². The van der Waals surface area contributed by atoms with Crippen LogP contribution in [-0.4, -0.2) is 17.9 Å². The number of amides is 2. The van der Waals surface area contributed by atoms with Crippen molar-refractivity contribution in [1.29, 1.82) is 0 Å². The fraction of sp³-hybridized carbons (Fsp3) is 0.556. The minimum absolute atomic E-state index is 0.0761. The van der Waals surface area contributed by atoms with Crippen molar-refractivity contribution in [1.82, 2.24) is 5.32 Å². The average Bonchev–Trinajstić information content (AvgIpc) is 3.34. The molecule has 22 heavy (non-hydrogen) atoms. The highest BCUT2D eigenvalue weighted by atomic mass is 16.2. The van der Waals surface area contributed by atoms with Crippen LogP contribution >= 0.6 is 0 Å². The first kappa shape index (κ1) is 15.1. The lowest BCUT2D eigenvalue weighted by Crippen LogP contribution is -2.44. The number of carbonyl (C=O) groups excluding carboxylic acids is 2. The Bertz CT molecular complexity index is 529. The molecule has 2 saturated carbocycles. The van der Waals surface area contributed by atoms with Gasteiger partial charge in [-0.25, -0.2) is 0 Å². The molecule has 0 radical (unpaired) electrons. The standard InChI is InChI=1S/C18H24N2O2/c21-16(19-14-8-4-1-2-5-9-14)18(12-13-18)17(22)20-15-10-6-3-7-11-15/h3,6-7,10-11,14H,1-2,4-5,8-9,12-13H2,(H,19,21)(H,20,22). The molecule has 4 heteroatoms. The molecule has 0 unspecified atom stereocenters. The molecule has 2 amide bonds. The lowest BCUT2D eigenvalue weighted by Gasteiger charge is -2.21. The Labute approximate surface area is 131 Å². The molecule has 0 saturated heterocycles. The van der Waals surface area contributed by atoms with Gasteiger partial charge in [-0.15, -0.1) is 0 Å². The van der Waals surface area contributed by atoms with Crippen LogP contribution in [0.15, 0.2) is 30.3 Å². The number of benzene rings is 1. The number of hydrogen-bond donors (Lipinski definition) is 2. The highest BCUT2D eigenvalue weighted by Gasteiger charge is 2.56. The van der Waals surface area contributed by atoms with Crippen LogP contribution in [0.4, 0.5) is 5.69 Å². The maximum atomic E-state index is 12.6. The molecular weight excluding hydrogens is 276 g/mol. The summed E-state index contributed by atoms with van der Waals surface area (Å²) in [6.07, 6.45) is 8.26. The summed E-state index contributed by atoms with van der Waals surface area (Å²) in [4.78, 5) is 25.0. The van der Waals surface area contributed by atoms with Gasteiger partial charge in [-0.1, -0.05) is 43.9 Å². The second kappa shape index (κ2) is 6.51. The molecule has 2 N–H and O–H groups in total. The van der Waals surface area contributed by atoms with Crippen LogP contribution < -0.4 is 10.6 Å². The fourth-order valence-corrected chi connectivity index (χ4v) is 3.20. The predicted molar refractivity (Wildman–Crippen MR) is 86.4 cm³/mol. The molecule has 0 bridgehead atoms. The molecule has 0 heterocycles. The fourth-order valence-electron chi connectivity index (χ4n) is 3.20. The van der Waals surface area contributed by atoms with Gasteiger partial charge in [0.25, 0.3) is 0 Å². The summed E-state index contributed by atoms with van der Waals surface area (Å²) < 4.78 is 0. The number of nitrogens with one attached hydrogen (secondary N) is 2. The lowest BCUT2D eigenvalue weighted by molar-refractivity contribution is -0.134. The van der Waals surface area contributed by atoms with Crippen LogP contribution in [0, 0.1) is 5.41 Å². The Balaban J connectivity index is 1.60. The van der Waals surface area contributed by atoms with Gasteiger partial charge in [0.2, 0.25) is 11.8 Å². The molecule has 1 aromatic carbocycles. The molecule has 1 aromatic rings. The van der Waals surface area contributed by atoms with E-state index in [1.54, 1.807) is 0 Å². The Morgan fingerprint density at radius 1 is 0.909 bits per heavy atom. The summed E-state index contributed by atoms with van der Waals surface area (Å²) in [5.41, 5.74) is -0.0802. The van der Waals surface area contributed by atoms with E-state index in [0.717, 1.165) is 18.5 Å². The van der Waals surface area contributed by atoms with E-state index in [2.05, 4.69) is 10.6 Å². The molecule has 2 fully saturated rings. The molecule has 3 rings (SSSR count). The quantitative estimate of drug-likeness (QED) is 0.662. The third-order valence-corrected chi connectivity index (χ3v) is 4.84. The first-order valence-corrected chi connectivity index (χ1v) is 8.38. The summed E-state index contributed by atoms with van der Waals surface area (Å²) in [5.74, 6) is -0.238. The number of para-hydroxylation sites is 1. The monoisotopic (exact) mass is 300 g/mol. The zero-order valence-corrected chi connectivity index (χ0v) is 12.9. The minimum atomic E-state index is -0.831. The predicted octanol–water partition coefficient (Wildman–Crippen LogP) is 3.24. The molecule has 0 spiro atoms. The molecule has 0 aliphatic heterocycles. The van der Waals surface area contributed by atoms with Gasteiger partial charge in [0.1, 0.15) is 5.41 Å². The first-order valence-electron chi connectivity index (χ1n) is 8.38. The summed E-state index contributed by atoms with van der Waals surface area (Å²) in [6, 6.07) is 9.59. The second-order valence-electron chi connectivity index (χ2n) is 6.56. The Kier molecular flexibility index (Phi) is 4.46. The Hall–Kier alpha value is -1.84. The van der Waals surface area contributed by atoms with E-state index in [1.807, 2.05) is 30.3 Å². The van der Waals surface area contributed by atoms with Crippen molar-refractivity contribution in [2.24, 2.45) is 5.41 Å². The van der Waals surface area contributed by atoms with Crippen molar-refractivity contribution in [2.45, 2.75) is 57.4 Å². The molecule has 118 valence electrons. The highest BCUT2D eigenvalue weighted by molar-refractivity contribution is 6.13. The van der Waals surface area contributed by atoms with Gasteiger partial charge >= 0.3 is 0 Å². The zero-order chi connectivity index (χ0) is 15.4. The highest BCUT2D eigenvalue weighted by Crippen LogP contribution is 2.47. The number of rotatable bonds is 4. The van der Waals surface area contributed by atoms with Crippen LogP contribution in [0.2, 0.25) is 0 Å². The molecule has 4 nitrogen and oxygen atoms in total. The van der Waals surface area contributed by atoms with Crippen molar-refractivity contribution in [3.63, 3.8) is 0 Å². The molecule has 2 aliphatic rings. The molecule has 0 aromatic heterocycles. The zero-order valence-electron chi connectivity index (χ0n) is 12.9. The largest absolute Gasteiger partial charge is 0.352 e. The van der Waals surface area contributed by atoms with Crippen molar-refractivity contribution >= 4 is 17.5 Å². The number of carbonyl (C=O) groups is 2. The maximum absolute atomic E-state index is 12.6. The van der Waals surface area contributed by atoms with Crippen molar-refractivity contribution in [3.05, 3.63) is 30.3 Å². The van der Waals surface area contributed by atoms with E-state index in [9.17, 15) is 9.59 Å². The SMILES string of the molecule is O=C(Nc1ccccc1)C1(C(=O)NC2CCCCCC2)CC1. The summed E-state index contributed by atoms with van der Waals surface area (Å²) in [7, 11) is 0. The summed E-state index contributed by atoms with van der Waals surface area (Å²) in [6.45, 7) is 0. The van der Waals surface area contributed by atoms with Gasteiger partial charge in [0, 0.05) is 11.7 Å². The number of hydrogen-bond acceptors (Lipinski definition) is 2. The Morgan fingerprint density at radius 3 is 2.14 bits per heavy atom. The smallest absolute Gasteiger partial charge is 0.240 e. The second-order valence-corrected chi connectivity index (χ2v) is 6.56. The van der Waals surface area contributed by atoms with Crippen LogP contribution in [0.3, 0.4) is 0 Å². The topological polar surface area (TPSA) is 58.2 Å². The first-order chi connectivity index (χ1) is 10.7. The number of anilines is 1. The third-order valence-electron chi connectivity index (χ3n) is 4.84. The van der Waals surface area contributed by atoms with Crippen LogP contribution in [0.25, 0.3) is 0 Å². The van der Waals surface area contributed by atoms with Gasteiger partial charge in [-0.05, 0) is 37.8 Å². The normalized spacial score (nSPS) is 20.7. The van der Waals surface area contributed by atoms with Gasteiger partial charge < -0.3 is 10.6 Å². The van der Waals surface area contributed by atoms with Gasteiger partial charge in [0.15, 0.2) is 0 Å². The summed E-state index contributed by atoms with van der Waals surface area (Å²) in [5, 5.41) is 6.00. The van der Waals surface area contributed by atoms with E-state index in [1.165, 1.54) is 25.7 Å². The molecular formula is C18H24N2O2. The molecule has 2 aliphatic carbocycles. The van der Waals surface area contributed by atoms with Crippen molar-refractivity contribution in [2.75, 3.05) is 5.32 Å². The summed E-state index contributed by atoms with van der Waals surface area (Å²) >= 11 is 0. The maximum Gasteiger partial charge on any atom is 0.240 e. The van der Waals surface area contributed by atoms with Crippen LogP contribution in [0.5, 0.6) is 0 Å². The van der Waals surface area contributed by atoms with E-state index in [4.69, 9.17) is 0 Å². The van der Waals surface area contributed by atoms with Gasteiger partial charge in [-0.3, -0.25) is 9.59 Å². The average molecular weight is 300 g/mol. The minimum Gasteiger partial charge on any atom is -0.352 e. The van der Waals surface area contributed by atoms with E-state index in [-0.39, 0.29) is 17.9 Å². The van der Waals surface area contributed by atoms with E-state index in [0.29, 0.717) is 12.8 Å². The van der Waals surface area contributed by atoms with Crippen molar-refractivity contribution in [3.8, 4) is 0 Å².